The number of nitrogens with one attached hydrogen (secondary N) is 1. The lowest BCUT2D eigenvalue weighted by Gasteiger charge is -2.16. The van der Waals surface area contributed by atoms with Gasteiger partial charge in [0.25, 0.3) is 0 Å². The standard InChI is InChI=1S/C9H13N5O3/c1-5-6(2-3-17-5)13-9-7(14(15)16)8(10)11-4-12-9/h4-6H,2-3H2,1H3,(H3,10,11,12,13). The van der Waals surface area contributed by atoms with E-state index in [1.54, 1.807) is 0 Å². The van der Waals surface area contributed by atoms with Crippen LogP contribution in [-0.4, -0.2) is 33.6 Å². The van der Waals surface area contributed by atoms with Crippen LogP contribution >= 0.6 is 0 Å². The van der Waals surface area contributed by atoms with E-state index >= 15 is 0 Å². The van der Waals surface area contributed by atoms with Crippen LogP contribution < -0.4 is 11.1 Å². The van der Waals surface area contributed by atoms with Crippen molar-refractivity contribution in [2.24, 2.45) is 0 Å². The number of hydrogen-bond acceptors (Lipinski definition) is 7. The van der Waals surface area contributed by atoms with Gasteiger partial charge in [-0.3, -0.25) is 10.1 Å². The highest BCUT2D eigenvalue weighted by Crippen LogP contribution is 2.28. The van der Waals surface area contributed by atoms with Crippen molar-refractivity contribution >= 4 is 17.3 Å². The number of aromatic nitrogens is 2. The predicted molar refractivity (Wildman–Crippen MR) is 60.5 cm³/mol. The van der Waals surface area contributed by atoms with Crippen molar-refractivity contribution in [1.82, 2.24) is 9.97 Å². The largest absolute Gasteiger partial charge is 0.378 e. The van der Waals surface area contributed by atoms with Crippen LogP contribution in [0.2, 0.25) is 0 Å². The molecule has 1 aromatic heterocycles. The Morgan fingerprint density at radius 1 is 1.65 bits per heavy atom. The van der Waals surface area contributed by atoms with Crippen molar-refractivity contribution in [2.75, 3.05) is 17.7 Å². The number of anilines is 2. The number of nitrogens with zero attached hydrogens (tertiary/aromatic N) is 3. The van der Waals surface area contributed by atoms with Crippen LogP contribution in [0.5, 0.6) is 0 Å². The monoisotopic (exact) mass is 239 g/mol. The zero-order valence-corrected chi connectivity index (χ0v) is 9.29. The molecule has 0 aliphatic carbocycles. The zero-order valence-electron chi connectivity index (χ0n) is 9.29. The summed E-state index contributed by atoms with van der Waals surface area (Å²) in [6.45, 7) is 2.54. The summed E-state index contributed by atoms with van der Waals surface area (Å²) in [4.78, 5) is 17.8. The maximum Gasteiger partial charge on any atom is 0.352 e. The summed E-state index contributed by atoms with van der Waals surface area (Å²) < 4.78 is 5.36. The lowest BCUT2D eigenvalue weighted by atomic mass is 10.1. The second-order valence-corrected chi connectivity index (χ2v) is 3.83. The summed E-state index contributed by atoms with van der Waals surface area (Å²) in [5.41, 5.74) is 5.18. The van der Waals surface area contributed by atoms with Gasteiger partial charge in [0.2, 0.25) is 11.6 Å². The summed E-state index contributed by atoms with van der Waals surface area (Å²) in [7, 11) is 0. The maximum atomic E-state index is 10.9. The minimum Gasteiger partial charge on any atom is -0.378 e. The second-order valence-electron chi connectivity index (χ2n) is 3.83. The molecule has 0 spiro atoms. The third-order valence-corrected chi connectivity index (χ3v) is 2.73. The first kappa shape index (κ1) is 11.5. The first-order valence-electron chi connectivity index (χ1n) is 5.22. The van der Waals surface area contributed by atoms with Gasteiger partial charge >= 0.3 is 5.69 Å². The van der Waals surface area contributed by atoms with Gasteiger partial charge in [-0.1, -0.05) is 0 Å². The van der Waals surface area contributed by atoms with Crippen LogP contribution in [0.15, 0.2) is 6.33 Å². The van der Waals surface area contributed by atoms with Crippen molar-refractivity contribution in [2.45, 2.75) is 25.5 Å². The first-order valence-corrected chi connectivity index (χ1v) is 5.22. The highest BCUT2D eigenvalue weighted by atomic mass is 16.6. The SMILES string of the molecule is CC1OCCC1Nc1ncnc(N)c1[N+](=O)[O-]. The minimum absolute atomic E-state index is 0.00278. The average Bonchev–Trinajstić information content (AvgIpc) is 2.64. The maximum absolute atomic E-state index is 10.9. The van der Waals surface area contributed by atoms with Gasteiger partial charge in [0.05, 0.1) is 17.1 Å². The lowest BCUT2D eigenvalue weighted by Crippen LogP contribution is -2.27. The van der Waals surface area contributed by atoms with Gasteiger partial charge in [-0.2, -0.15) is 0 Å². The van der Waals surface area contributed by atoms with Gasteiger partial charge in [0.15, 0.2) is 0 Å². The molecule has 0 aromatic carbocycles. The summed E-state index contributed by atoms with van der Waals surface area (Å²) in [6.07, 6.45) is 1.97. The van der Waals surface area contributed by atoms with Crippen molar-refractivity contribution in [3.8, 4) is 0 Å². The molecule has 1 fully saturated rings. The molecule has 92 valence electrons. The predicted octanol–water partition coefficient (Wildman–Crippen LogP) is 0.556. The number of hydrogen-bond donors (Lipinski definition) is 2. The molecule has 3 N–H and O–H groups in total. The van der Waals surface area contributed by atoms with E-state index in [1.165, 1.54) is 6.33 Å². The minimum atomic E-state index is -0.585. The Labute approximate surface area is 97.3 Å². The van der Waals surface area contributed by atoms with Crippen LogP contribution in [-0.2, 0) is 4.74 Å². The number of nitrogens with two attached hydrogens (primary N) is 1. The third-order valence-electron chi connectivity index (χ3n) is 2.73. The zero-order chi connectivity index (χ0) is 12.4. The van der Waals surface area contributed by atoms with E-state index in [0.29, 0.717) is 6.61 Å². The average molecular weight is 239 g/mol. The van der Waals surface area contributed by atoms with E-state index in [2.05, 4.69) is 15.3 Å². The number of nitro groups is 1. The quantitative estimate of drug-likeness (QED) is 0.584. The van der Waals surface area contributed by atoms with Crippen molar-refractivity contribution in [3.05, 3.63) is 16.4 Å². The Bertz CT molecular complexity index is 439. The highest BCUT2D eigenvalue weighted by molar-refractivity contribution is 5.67. The molecule has 1 aromatic rings. The van der Waals surface area contributed by atoms with E-state index in [4.69, 9.17) is 10.5 Å². The molecule has 1 aliphatic rings. The molecule has 1 aliphatic heterocycles. The van der Waals surface area contributed by atoms with Gasteiger partial charge in [-0.25, -0.2) is 9.97 Å². The second kappa shape index (κ2) is 4.50. The molecule has 1 saturated heterocycles. The lowest BCUT2D eigenvalue weighted by molar-refractivity contribution is -0.383. The molecule has 2 atom stereocenters. The van der Waals surface area contributed by atoms with Gasteiger partial charge < -0.3 is 15.8 Å². The molecule has 17 heavy (non-hydrogen) atoms. The Kier molecular flexibility index (Phi) is 3.05. The molecule has 0 saturated carbocycles. The molecule has 2 rings (SSSR count). The van der Waals surface area contributed by atoms with E-state index in [1.807, 2.05) is 6.92 Å². The molecule has 0 radical (unpaired) electrons. The van der Waals surface area contributed by atoms with Crippen LogP contribution in [0, 0.1) is 10.1 Å². The van der Waals surface area contributed by atoms with Crippen LogP contribution in [0.25, 0.3) is 0 Å². The fourth-order valence-electron chi connectivity index (χ4n) is 1.77. The molecule has 0 amide bonds. The molecular formula is C9H13N5O3. The number of nitrogen functional groups attached to an aromatic ring is 1. The summed E-state index contributed by atoms with van der Waals surface area (Å²) in [5, 5.41) is 13.9. The van der Waals surface area contributed by atoms with Crippen LogP contribution in [0.4, 0.5) is 17.3 Å². The van der Waals surface area contributed by atoms with Crippen LogP contribution in [0.3, 0.4) is 0 Å². The van der Waals surface area contributed by atoms with E-state index in [-0.39, 0.29) is 29.5 Å². The molecular weight excluding hydrogens is 226 g/mol. The van der Waals surface area contributed by atoms with Gasteiger partial charge in [0, 0.05) is 6.61 Å². The fourth-order valence-corrected chi connectivity index (χ4v) is 1.77. The molecule has 2 unspecified atom stereocenters. The first-order chi connectivity index (χ1) is 8.09. The van der Waals surface area contributed by atoms with E-state index in [0.717, 1.165) is 6.42 Å². The molecule has 8 nitrogen and oxygen atoms in total. The van der Waals surface area contributed by atoms with Gasteiger partial charge in [-0.05, 0) is 13.3 Å². The van der Waals surface area contributed by atoms with E-state index < -0.39 is 4.92 Å². The van der Waals surface area contributed by atoms with Crippen molar-refractivity contribution in [3.63, 3.8) is 0 Å². The summed E-state index contributed by atoms with van der Waals surface area (Å²) in [6, 6.07) is 0.00278. The van der Waals surface area contributed by atoms with Crippen molar-refractivity contribution < 1.29 is 9.66 Å². The Morgan fingerprint density at radius 3 is 3.00 bits per heavy atom. The van der Waals surface area contributed by atoms with Crippen molar-refractivity contribution in [1.29, 1.82) is 0 Å². The summed E-state index contributed by atoms with van der Waals surface area (Å²) >= 11 is 0. The molecule has 2 heterocycles. The topological polar surface area (TPSA) is 116 Å². The Hall–Kier alpha value is -1.96. The smallest absolute Gasteiger partial charge is 0.352 e. The van der Waals surface area contributed by atoms with Gasteiger partial charge in [-0.15, -0.1) is 0 Å². The van der Waals surface area contributed by atoms with Gasteiger partial charge in [0.1, 0.15) is 6.33 Å². The molecule has 8 heteroatoms. The number of rotatable bonds is 3. The van der Waals surface area contributed by atoms with E-state index in [9.17, 15) is 10.1 Å². The third kappa shape index (κ3) is 2.26. The Morgan fingerprint density at radius 2 is 2.41 bits per heavy atom. The normalized spacial score (nSPS) is 23.6. The summed E-state index contributed by atoms with van der Waals surface area (Å²) in [5.74, 6) is 0.00363. The highest BCUT2D eigenvalue weighted by Gasteiger charge is 2.28. The Balaban J connectivity index is 2.26. The number of ether oxygens (including phenoxy) is 1. The fraction of sp³-hybridized carbons (Fsp3) is 0.556. The molecule has 0 bridgehead atoms. The van der Waals surface area contributed by atoms with Crippen LogP contribution in [0.1, 0.15) is 13.3 Å².